The molecular weight excluding hydrogens is 410 g/mol. The summed E-state index contributed by atoms with van der Waals surface area (Å²) in [6, 6.07) is 14.9. The Kier molecular flexibility index (Phi) is 5.28. The second-order valence-electron chi connectivity index (χ2n) is 5.20. The van der Waals surface area contributed by atoms with Crippen LogP contribution in [0, 0.1) is 0 Å². The lowest BCUT2D eigenvalue weighted by Crippen LogP contribution is -2.26. The number of nitrogens with one attached hydrogen (secondary N) is 1. The maximum Gasteiger partial charge on any atom is 0.265 e. The number of aromatic nitrogens is 2. The van der Waals surface area contributed by atoms with Gasteiger partial charge in [0, 0.05) is 15.1 Å². The number of carbonyl (C=O) groups excluding carboxylic acids is 1. The first-order chi connectivity index (χ1) is 11.5. The quantitative estimate of drug-likeness (QED) is 0.635. The summed E-state index contributed by atoms with van der Waals surface area (Å²) in [4.78, 5) is 13.1. The SMILES string of the molecule is CC(NC(=O)c1snnc1-c1ccc(Br)cc1)c1ccc(Cl)cc1. The van der Waals surface area contributed by atoms with Crippen molar-refractivity contribution >= 4 is 45.0 Å². The first kappa shape index (κ1) is 17.1. The van der Waals surface area contributed by atoms with Crippen molar-refractivity contribution in [3.05, 3.63) is 68.5 Å². The fourth-order valence-electron chi connectivity index (χ4n) is 2.23. The fourth-order valence-corrected chi connectivity index (χ4v) is 3.21. The van der Waals surface area contributed by atoms with Crippen molar-refractivity contribution < 1.29 is 4.79 Å². The van der Waals surface area contributed by atoms with E-state index in [1.165, 1.54) is 0 Å². The number of nitrogens with zero attached hydrogens (tertiary/aromatic N) is 2. The fraction of sp³-hybridized carbons (Fsp3) is 0.118. The molecule has 0 spiro atoms. The van der Waals surface area contributed by atoms with Gasteiger partial charge in [-0.2, -0.15) is 0 Å². The van der Waals surface area contributed by atoms with Crippen LogP contribution in [0.2, 0.25) is 5.02 Å². The second-order valence-corrected chi connectivity index (χ2v) is 7.31. The lowest BCUT2D eigenvalue weighted by molar-refractivity contribution is 0.0944. The molecule has 3 aromatic rings. The zero-order valence-corrected chi connectivity index (χ0v) is 15.8. The number of carbonyl (C=O) groups is 1. The second kappa shape index (κ2) is 7.42. The highest BCUT2D eigenvalue weighted by Crippen LogP contribution is 2.26. The standard InChI is InChI=1S/C17H13BrClN3OS/c1-10(11-4-8-14(19)9-5-11)20-17(23)16-15(21-22-24-16)12-2-6-13(18)7-3-12/h2-10H,1H3,(H,20,23). The maximum atomic E-state index is 12.6. The van der Waals surface area contributed by atoms with Crippen molar-refractivity contribution in [2.45, 2.75) is 13.0 Å². The summed E-state index contributed by atoms with van der Waals surface area (Å²) >= 11 is 10.4. The van der Waals surface area contributed by atoms with E-state index in [0.717, 1.165) is 27.1 Å². The Morgan fingerprint density at radius 1 is 1.17 bits per heavy atom. The molecule has 2 aromatic carbocycles. The zero-order chi connectivity index (χ0) is 17.1. The average molecular weight is 423 g/mol. The molecule has 1 amide bonds. The summed E-state index contributed by atoms with van der Waals surface area (Å²) < 4.78 is 4.90. The minimum absolute atomic E-state index is 0.144. The van der Waals surface area contributed by atoms with Gasteiger partial charge in [0.05, 0.1) is 6.04 Å². The van der Waals surface area contributed by atoms with Gasteiger partial charge in [0.25, 0.3) is 5.91 Å². The first-order valence-electron chi connectivity index (χ1n) is 7.19. The molecule has 122 valence electrons. The van der Waals surface area contributed by atoms with Gasteiger partial charge in [-0.15, -0.1) is 5.10 Å². The van der Waals surface area contributed by atoms with Crippen molar-refractivity contribution in [2.75, 3.05) is 0 Å². The van der Waals surface area contributed by atoms with Crippen LogP contribution in [0.1, 0.15) is 28.2 Å². The molecule has 0 saturated heterocycles. The Morgan fingerprint density at radius 3 is 2.50 bits per heavy atom. The highest BCUT2D eigenvalue weighted by molar-refractivity contribution is 9.10. The lowest BCUT2D eigenvalue weighted by atomic mass is 10.1. The minimum Gasteiger partial charge on any atom is -0.345 e. The van der Waals surface area contributed by atoms with Gasteiger partial charge in [-0.3, -0.25) is 4.79 Å². The summed E-state index contributed by atoms with van der Waals surface area (Å²) in [7, 11) is 0. The molecule has 0 radical (unpaired) electrons. The molecule has 0 aliphatic heterocycles. The number of amides is 1. The van der Waals surface area contributed by atoms with E-state index in [2.05, 4.69) is 30.8 Å². The highest BCUT2D eigenvalue weighted by Gasteiger charge is 2.19. The molecule has 0 aliphatic carbocycles. The van der Waals surface area contributed by atoms with Crippen LogP contribution in [-0.4, -0.2) is 15.5 Å². The zero-order valence-electron chi connectivity index (χ0n) is 12.7. The van der Waals surface area contributed by atoms with Gasteiger partial charge in [-0.25, -0.2) is 0 Å². The van der Waals surface area contributed by atoms with Crippen LogP contribution in [0.5, 0.6) is 0 Å². The van der Waals surface area contributed by atoms with E-state index in [9.17, 15) is 4.79 Å². The number of hydrogen-bond donors (Lipinski definition) is 1. The molecule has 0 saturated carbocycles. The van der Waals surface area contributed by atoms with Gasteiger partial charge in [0.15, 0.2) is 0 Å². The van der Waals surface area contributed by atoms with Crippen LogP contribution in [0.15, 0.2) is 53.0 Å². The van der Waals surface area contributed by atoms with Crippen molar-refractivity contribution in [3.63, 3.8) is 0 Å². The Labute approximate surface area is 157 Å². The molecule has 1 heterocycles. The summed E-state index contributed by atoms with van der Waals surface area (Å²) in [5, 5.41) is 7.75. The number of halogens is 2. The van der Waals surface area contributed by atoms with Crippen molar-refractivity contribution in [3.8, 4) is 11.3 Å². The Morgan fingerprint density at radius 2 is 1.83 bits per heavy atom. The first-order valence-corrected chi connectivity index (χ1v) is 9.13. The van der Waals surface area contributed by atoms with E-state index in [4.69, 9.17) is 11.6 Å². The number of hydrogen-bond acceptors (Lipinski definition) is 4. The summed E-state index contributed by atoms with van der Waals surface area (Å²) in [6.45, 7) is 1.93. The molecule has 4 nitrogen and oxygen atoms in total. The monoisotopic (exact) mass is 421 g/mol. The van der Waals surface area contributed by atoms with E-state index < -0.39 is 0 Å². The molecule has 1 atom stereocenters. The predicted molar refractivity (Wildman–Crippen MR) is 100 cm³/mol. The van der Waals surface area contributed by atoms with Gasteiger partial charge >= 0.3 is 0 Å². The van der Waals surface area contributed by atoms with E-state index in [1.54, 1.807) is 12.1 Å². The lowest BCUT2D eigenvalue weighted by Gasteiger charge is -2.14. The van der Waals surface area contributed by atoms with E-state index >= 15 is 0 Å². The normalized spacial score (nSPS) is 12.0. The predicted octanol–water partition coefficient (Wildman–Crippen LogP) is 5.11. The summed E-state index contributed by atoms with van der Waals surface area (Å²) in [5.41, 5.74) is 2.43. The molecule has 0 fully saturated rings. The van der Waals surface area contributed by atoms with E-state index in [-0.39, 0.29) is 11.9 Å². The van der Waals surface area contributed by atoms with Gasteiger partial charge in [0.2, 0.25) is 0 Å². The van der Waals surface area contributed by atoms with Crippen LogP contribution < -0.4 is 5.32 Å². The van der Waals surface area contributed by atoms with E-state index in [0.29, 0.717) is 15.6 Å². The Balaban J connectivity index is 1.80. The molecule has 7 heteroatoms. The maximum absolute atomic E-state index is 12.6. The summed E-state index contributed by atoms with van der Waals surface area (Å²) in [6.07, 6.45) is 0. The van der Waals surface area contributed by atoms with Crippen LogP contribution in [0.4, 0.5) is 0 Å². The van der Waals surface area contributed by atoms with Gasteiger partial charge in [-0.1, -0.05) is 56.3 Å². The topological polar surface area (TPSA) is 54.9 Å². The molecule has 1 N–H and O–H groups in total. The molecule has 24 heavy (non-hydrogen) atoms. The minimum atomic E-state index is -0.189. The van der Waals surface area contributed by atoms with Gasteiger partial charge in [0.1, 0.15) is 10.6 Å². The van der Waals surface area contributed by atoms with Crippen molar-refractivity contribution in [2.24, 2.45) is 0 Å². The van der Waals surface area contributed by atoms with Crippen LogP contribution >= 0.6 is 39.1 Å². The number of rotatable bonds is 4. The largest absolute Gasteiger partial charge is 0.345 e. The molecular formula is C17H13BrClN3OS. The van der Waals surface area contributed by atoms with E-state index in [1.807, 2.05) is 43.3 Å². The van der Waals surface area contributed by atoms with Crippen LogP contribution in [-0.2, 0) is 0 Å². The third-order valence-corrected chi connectivity index (χ3v) is 5.03. The molecule has 0 bridgehead atoms. The van der Waals surface area contributed by atoms with Gasteiger partial charge < -0.3 is 5.32 Å². The number of benzene rings is 2. The molecule has 3 rings (SSSR count). The van der Waals surface area contributed by atoms with Gasteiger partial charge in [-0.05, 0) is 48.3 Å². The van der Waals surface area contributed by atoms with Crippen molar-refractivity contribution in [1.82, 2.24) is 14.9 Å². The van der Waals surface area contributed by atoms with Crippen LogP contribution in [0.25, 0.3) is 11.3 Å². The Hall–Kier alpha value is -1.76. The smallest absolute Gasteiger partial charge is 0.265 e. The molecule has 0 aliphatic rings. The van der Waals surface area contributed by atoms with Crippen LogP contribution in [0.3, 0.4) is 0 Å². The third kappa shape index (κ3) is 3.83. The highest BCUT2D eigenvalue weighted by atomic mass is 79.9. The Bertz CT molecular complexity index is 849. The van der Waals surface area contributed by atoms with Crippen molar-refractivity contribution in [1.29, 1.82) is 0 Å². The molecule has 1 unspecified atom stereocenters. The molecule has 1 aromatic heterocycles. The average Bonchev–Trinajstić information content (AvgIpc) is 3.06. The summed E-state index contributed by atoms with van der Waals surface area (Å²) in [5.74, 6) is -0.189. The third-order valence-electron chi connectivity index (χ3n) is 3.53.